The molecule has 2 nitrogen and oxygen atoms in total. The van der Waals surface area contributed by atoms with Crippen molar-refractivity contribution in [3.05, 3.63) is 46.2 Å². The van der Waals surface area contributed by atoms with Crippen LogP contribution >= 0.6 is 81.9 Å². The van der Waals surface area contributed by atoms with Crippen LogP contribution in [0.5, 0.6) is 0 Å². The van der Waals surface area contributed by atoms with Gasteiger partial charge in [0.15, 0.2) is 0 Å². The van der Waals surface area contributed by atoms with Crippen LogP contribution in [0.15, 0.2) is 35.1 Å². The quantitative estimate of drug-likeness (QED) is 0.335. The molecule has 9 heteroatoms. The standard InChI is InChI=1S/C20H24O2S7/c1-11(2)17(21)24-5-13-7-26-19(28-13)15-9-23-10-16(15)20-27-8-14(29-20)6-25-18(22)12(3)4/h9-10,13-14,19-20H,1,3,5-8H2,2,4H3. The summed E-state index contributed by atoms with van der Waals surface area (Å²) in [6.07, 6.45) is 0. The van der Waals surface area contributed by atoms with Gasteiger partial charge in [-0.05, 0) is 46.9 Å². The number of rotatable bonds is 8. The van der Waals surface area contributed by atoms with Gasteiger partial charge in [0.2, 0.25) is 10.2 Å². The van der Waals surface area contributed by atoms with Crippen molar-refractivity contribution >= 4 is 92.1 Å². The van der Waals surface area contributed by atoms with Gasteiger partial charge in [0.1, 0.15) is 0 Å². The Labute approximate surface area is 203 Å². The van der Waals surface area contributed by atoms with Crippen LogP contribution < -0.4 is 0 Å². The van der Waals surface area contributed by atoms with Crippen molar-refractivity contribution in [1.82, 2.24) is 0 Å². The Balaban J connectivity index is 1.52. The SMILES string of the molecule is C=C(C)C(=O)SCC1CSC(c2cscc2C2SCC(CSC(=O)C(=C)C)S2)S1. The fraction of sp³-hybridized carbons (Fsp3) is 0.500. The molecule has 1 aromatic rings. The molecule has 2 fully saturated rings. The molecule has 2 saturated heterocycles. The summed E-state index contributed by atoms with van der Waals surface area (Å²) in [6, 6.07) is 0. The maximum atomic E-state index is 11.8. The van der Waals surface area contributed by atoms with E-state index in [2.05, 4.69) is 23.9 Å². The molecule has 0 saturated carbocycles. The lowest BCUT2D eigenvalue weighted by Crippen LogP contribution is -2.07. The maximum absolute atomic E-state index is 11.8. The zero-order valence-corrected chi connectivity index (χ0v) is 22.1. The lowest BCUT2D eigenvalue weighted by Gasteiger charge is -2.15. The number of thioether (sulfide) groups is 6. The molecule has 0 N–H and O–H groups in total. The van der Waals surface area contributed by atoms with Crippen LogP contribution in [-0.4, -0.2) is 43.7 Å². The molecule has 0 bridgehead atoms. The Kier molecular flexibility index (Phi) is 9.60. The first-order valence-corrected chi connectivity index (χ1v) is 16.0. The Morgan fingerprint density at radius 2 is 1.31 bits per heavy atom. The van der Waals surface area contributed by atoms with Crippen molar-refractivity contribution in [1.29, 1.82) is 0 Å². The minimum Gasteiger partial charge on any atom is -0.282 e. The minimum absolute atomic E-state index is 0.114. The molecule has 0 aliphatic carbocycles. The summed E-state index contributed by atoms with van der Waals surface area (Å²) < 4.78 is 0.919. The van der Waals surface area contributed by atoms with Crippen molar-refractivity contribution in [2.45, 2.75) is 33.5 Å². The third kappa shape index (κ3) is 6.80. The summed E-state index contributed by atoms with van der Waals surface area (Å²) >= 11 is 12.6. The van der Waals surface area contributed by atoms with Crippen molar-refractivity contribution in [3.63, 3.8) is 0 Å². The van der Waals surface area contributed by atoms with Gasteiger partial charge < -0.3 is 0 Å². The minimum atomic E-state index is 0.114. The van der Waals surface area contributed by atoms with Crippen molar-refractivity contribution in [2.24, 2.45) is 0 Å². The summed E-state index contributed by atoms with van der Waals surface area (Å²) in [4.78, 5) is 23.6. The van der Waals surface area contributed by atoms with Crippen LogP contribution in [0, 0.1) is 0 Å². The van der Waals surface area contributed by atoms with E-state index in [0.717, 1.165) is 23.0 Å². The molecule has 0 amide bonds. The predicted octanol–water partition coefficient (Wildman–Crippen LogP) is 7.11. The molecule has 158 valence electrons. The molecule has 2 aliphatic heterocycles. The Morgan fingerprint density at radius 3 is 1.69 bits per heavy atom. The molecular weight excluding hydrogens is 497 g/mol. The van der Waals surface area contributed by atoms with Crippen LogP contribution in [0.2, 0.25) is 0 Å². The van der Waals surface area contributed by atoms with Gasteiger partial charge in [0.05, 0.1) is 9.16 Å². The van der Waals surface area contributed by atoms with E-state index >= 15 is 0 Å². The summed E-state index contributed by atoms with van der Waals surface area (Å²) in [5.41, 5.74) is 4.19. The zero-order chi connectivity index (χ0) is 21.0. The fourth-order valence-electron chi connectivity index (χ4n) is 2.68. The Hall–Kier alpha value is 0.620. The van der Waals surface area contributed by atoms with E-state index in [1.165, 1.54) is 34.7 Å². The summed E-state index contributed by atoms with van der Waals surface area (Å²) in [7, 11) is 0. The smallest absolute Gasteiger partial charge is 0.214 e. The van der Waals surface area contributed by atoms with Gasteiger partial charge in [-0.1, -0.05) is 36.7 Å². The van der Waals surface area contributed by atoms with Gasteiger partial charge >= 0.3 is 0 Å². The predicted molar refractivity (Wildman–Crippen MR) is 142 cm³/mol. The van der Waals surface area contributed by atoms with Crippen LogP contribution in [0.1, 0.15) is 34.1 Å². The lowest BCUT2D eigenvalue weighted by molar-refractivity contribution is -0.108. The first-order chi connectivity index (χ1) is 13.8. The van der Waals surface area contributed by atoms with Gasteiger partial charge in [0.25, 0.3) is 0 Å². The van der Waals surface area contributed by atoms with E-state index in [-0.39, 0.29) is 10.2 Å². The molecule has 0 spiro atoms. The average molecular weight is 521 g/mol. The van der Waals surface area contributed by atoms with Crippen molar-refractivity contribution in [2.75, 3.05) is 23.0 Å². The van der Waals surface area contributed by atoms with E-state index in [4.69, 9.17) is 0 Å². The van der Waals surface area contributed by atoms with E-state index in [9.17, 15) is 9.59 Å². The lowest BCUT2D eigenvalue weighted by atomic mass is 10.2. The monoisotopic (exact) mass is 520 g/mol. The zero-order valence-electron chi connectivity index (χ0n) is 16.4. The summed E-state index contributed by atoms with van der Waals surface area (Å²) in [6.45, 7) is 11.0. The van der Waals surface area contributed by atoms with Gasteiger partial charge in [-0.2, -0.15) is 11.3 Å². The van der Waals surface area contributed by atoms with Gasteiger partial charge in [-0.15, -0.1) is 47.0 Å². The van der Waals surface area contributed by atoms with Crippen LogP contribution in [0.25, 0.3) is 0 Å². The highest BCUT2D eigenvalue weighted by atomic mass is 32.2. The highest BCUT2D eigenvalue weighted by Crippen LogP contribution is 2.57. The second-order valence-corrected chi connectivity index (χ2v) is 15.3. The average Bonchev–Trinajstić information content (AvgIpc) is 3.43. The largest absolute Gasteiger partial charge is 0.282 e. The van der Waals surface area contributed by atoms with E-state index in [0.29, 0.717) is 30.8 Å². The summed E-state index contributed by atoms with van der Waals surface area (Å²) in [5, 5.41) is 5.86. The number of thiophene rings is 1. The van der Waals surface area contributed by atoms with Gasteiger partial charge in [-0.25, -0.2) is 0 Å². The Morgan fingerprint density at radius 1 is 0.897 bits per heavy atom. The third-order valence-electron chi connectivity index (χ3n) is 4.23. The van der Waals surface area contributed by atoms with E-state index in [1.54, 1.807) is 25.2 Å². The molecule has 2 aliphatic rings. The first kappa shape index (κ1) is 24.3. The van der Waals surface area contributed by atoms with Gasteiger partial charge in [-0.3, -0.25) is 9.59 Å². The van der Waals surface area contributed by atoms with Crippen LogP contribution in [-0.2, 0) is 9.59 Å². The molecule has 3 rings (SSSR count). The van der Waals surface area contributed by atoms with E-state index in [1.807, 2.05) is 47.0 Å². The Bertz CT molecular complexity index is 725. The fourth-order valence-corrected chi connectivity index (χ4v) is 13.0. The highest BCUT2D eigenvalue weighted by Gasteiger charge is 2.34. The molecule has 3 heterocycles. The van der Waals surface area contributed by atoms with Crippen LogP contribution in [0.3, 0.4) is 0 Å². The highest BCUT2D eigenvalue weighted by molar-refractivity contribution is 8.21. The molecule has 1 aromatic heterocycles. The molecular formula is C20H24O2S7. The number of carbonyl (C=O) groups is 2. The maximum Gasteiger partial charge on any atom is 0.214 e. The van der Waals surface area contributed by atoms with Gasteiger partial charge in [0, 0.05) is 33.5 Å². The van der Waals surface area contributed by atoms with Crippen LogP contribution in [0.4, 0.5) is 0 Å². The second-order valence-electron chi connectivity index (χ2n) is 6.89. The molecule has 29 heavy (non-hydrogen) atoms. The van der Waals surface area contributed by atoms with Crippen molar-refractivity contribution < 1.29 is 9.59 Å². The molecule has 0 radical (unpaired) electrons. The second kappa shape index (κ2) is 11.5. The number of hydrogen-bond donors (Lipinski definition) is 0. The molecule has 4 atom stereocenters. The third-order valence-corrected chi connectivity index (χ3v) is 14.4. The molecule has 0 aromatic carbocycles. The first-order valence-electron chi connectivity index (χ1n) is 9.10. The normalized spacial score (nSPS) is 26.6. The number of hydrogen-bond acceptors (Lipinski definition) is 9. The topological polar surface area (TPSA) is 34.1 Å². The van der Waals surface area contributed by atoms with E-state index < -0.39 is 0 Å². The molecule has 4 unspecified atom stereocenters. The summed E-state index contributed by atoms with van der Waals surface area (Å²) in [5.74, 6) is 3.91. The van der Waals surface area contributed by atoms with Crippen molar-refractivity contribution in [3.8, 4) is 0 Å². The number of carbonyl (C=O) groups excluding carboxylic acids is 2.